The third-order valence-electron chi connectivity index (χ3n) is 5.25. The van der Waals surface area contributed by atoms with E-state index in [4.69, 9.17) is 11.2 Å². The maximum absolute atomic E-state index is 12.8. The summed E-state index contributed by atoms with van der Waals surface area (Å²) in [5.41, 5.74) is 5.69. The normalized spacial score (nSPS) is 12.8. The van der Waals surface area contributed by atoms with Crippen molar-refractivity contribution in [2.75, 3.05) is 18.5 Å². The van der Waals surface area contributed by atoms with Gasteiger partial charge in [0.2, 0.25) is 0 Å². The van der Waals surface area contributed by atoms with Gasteiger partial charge in [0.05, 0.1) is 5.69 Å². The number of fused-ring (bicyclic) bond motifs is 1. The van der Waals surface area contributed by atoms with Crippen LogP contribution in [-0.2, 0) is 22.4 Å². The smallest absolute Gasteiger partial charge is 0.251 e. The van der Waals surface area contributed by atoms with Crippen LogP contribution in [0.4, 0.5) is 5.82 Å². The van der Waals surface area contributed by atoms with E-state index < -0.39 is 0 Å². The predicted molar refractivity (Wildman–Crippen MR) is 119 cm³/mol. The highest BCUT2D eigenvalue weighted by Crippen LogP contribution is 2.35. The first kappa shape index (κ1) is 20.6. The van der Waals surface area contributed by atoms with E-state index in [0.717, 1.165) is 46.5 Å². The molecule has 2 N–H and O–H groups in total. The number of carbonyl (C=O) groups excluding carboxylic acids is 2. The molecule has 0 fully saturated rings. The van der Waals surface area contributed by atoms with Crippen molar-refractivity contribution in [3.8, 4) is 23.6 Å². The lowest BCUT2D eigenvalue weighted by molar-refractivity contribution is -0.120. The largest absolute Gasteiger partial charge is 0.359 e. The van der Waals surface area contributed by atoms with Gasteiger partial charge in [-0.05, 0) is 36.1 Å². The van der Waals surface area contributed by atoms with Crippen molar-refractivity contribution in [2.24, 2.45) is 0 Å². The molecule has 6 nitrogen and oxygen atoms in total. The standard InChI is InChI=1S/C25H23N3O3/c1-2-13-31-16-23(30)28-22-15-18(11-12-26-22)25-19(14-17-7-4-3-5-8-17)24-20(27-25)9-6-10-21(24)29/h1,3-5,7-8,11-12,15,27H,6,9-10,13-14,16H2,(H,26,28,30). The summed E-state index contributed by atoms with van der Waals surface area (Å²) in [5, 5.41) is 2.73. The summed E-state index contributed by atoms with van der Waals surface area (Å²) in [5.74, 6) is 2.59. The zero-order valence-corrected chi connectivity index (χ0v) is 17.1. The van der Waals surface area contributed by atoms with Crippen LogP contribution in [0.3, 0.4) is 0 Å². The minimum absolute atomic E-state index is 0.0752. The van der Waals surface area contributed by atoms with Gasteiger partial charge in [-0.15, -0.1) is 6.42 Å². The molecule has 0 atom stereocenters. The van der Waals surface area contributed by atoms with Crippen LogP contribution < -0.4 is 5.32 Å². The SMILES string of the molecule is C#CCOCC(=O)Nc1cc(-c2[nH]c3c(c2Cc2ccccc2)C(=O)CCC3)ccn1. The number of anilines is 1. The van der Waals surface area contributed by atoms with Crippen LogP contribution in [0.5, 0.6) is 0 Å². The molecule has 0 saturated heterocycles. The van der Waals surface area contributed by atoms with E-state index >= 15 is 0 Å². The first-order valence-corrected chi connectivity index (χ1v) is 10.2. The zero-order chi connectivity index (χ0) is 21.6. The molecule has 0 saturated carbocycles. The number of Topliss-reactive ketones (excluding diaryl/α,β-unsaturated/α-hetero) is 1. The fraction of sp³-hybridized carbons (Fsp3) is 0.240. The number of benzene rings is 1. The summed E-state index contributed by atoms with van der Waals surface area (Å²) in [6.07, 6.45) is 9.69. The molecule has 1 aliphatic carbocycles. The van der Waals surface area contributed by atoms with E-state index in [0.29, 0.717) is 18.7 Å². The molecule has 1 amide bonds. The Morgan fingerprint density at radius 3 is 2.87 bits per heavy atom. The molecule has 4 rings (SSSR count). The first-order valence-electron chi connectivity index (χ1n) is 10.2. The number of amides is 1. The lowest BCUT2D eigenvalue weighted by Crippen LogP contribution is -2.19. The summed E-state index contributed by atoms with van der Waals surface area (Å²) in [7, 11) is 0. The minimum Gasteiger partial charge on any atom is -0.359 e. The second-order valence-electron chi connectivity index (χ2n) is 7.45. The van der Waals surface area contributed by atoms with E-state index in [1.807, 2.05) is 24.3 Å². The van der Waals surface area contributed by atoms with E-state index in [9.17, 15) is 9.59 Å². The van der Waals surface area contributed by atoms with Gasteiger partial charge in [0, 0.05) is 35.9 Å². The highest BCUT2D eigenvalue weighted by molar-refractivity contribution is 6.01. The first-order chi connectivity index (χ1) is 15.2. The van der Waals surface area contributed by atoms with Crippen LogP contribution in [0.1, 0.15) is 40.0 Å². The monoisotopic (exact) mass is 413 g/mol. The summed E-state index contributed by atoms with van der Waals surface area (Å²) in [4.78, 5) is 32.5. The number of ether oxygens (including phenoxy) is 1. The number of nitrogens with one attached hydrogen (secondary N) is 2. The zero-order valence-electron chi connectivity index (χ0n) is 17.1. The molecule has 31 heavy (non-hydrogen) atoms. The van der Waals surface area contributed by atoms with Gasteiger partial charge >= 0.3 is 0 Å². The summed E-state index contributed by atoms with van der Waals surface area (Å²) < 4.78 is 5.06. The van der Waals surface area contributed by atoms with Gasteiger partial charge in [-0.1, -0.05) is 36.3 Å². The van der Waals surface area contributed by atoms with Gasteiger partial charge in [0.1, 0.15) is 19.0 Å². The van der Waals surface area contributed by atoms with E-state index in [1.54, 1.807) is 12.3 Å². The molecule has 3 aromatic rings. The lowest BCUT2D eigenvalue weighted by atomic mass is 9.90. The second-order valence-corrected chi connectivity index (χ2v) is 7.45. The number of terminal acetylenes is 1. The highest BCUT2D eigenvalue weighted by Gasteiger charge is 2.26. The van der Waals surface area contributed by atoms with Crippen LogP contribution in [0, 0.1) is 12.3 Å². The molecular weight excluding hydrogens is 390 g/mol. The Morgan fingerprint density at radius 2 is 2.06 bits per heavy atom. The van der Waals surface area contributed by atoms with Crippen LogP contribution in [0.15, 0.2) is 48.7 Å². The van der Waals surface area contributed by atoms with Crippen molar-refractivity contribution in [3.05, 3.63) is 71.0 Å². The van der Waals surface area contributed by atoms with Gasteiger partial charge in [-0.2, -0.15) is 0 Å². The molecule has 6 heteroatoms. The number of rotatable bonds is 7. The lowest BCUT2D eigenvalue weighted by Gasteiger charge is -2.12. The number of H-pyrrole nitrogens is 1. The molecule has 0 aliphatic heterocycles. The minimum atomic E-state index is -0.328. The quantitative estimate of drug-likeness (QED) is 0.456. The van der Waals surface area contributed by atoms with Crippen LogP contribution >= 0.6 is 0 Å². The predicted octanol–water partition coefficient (Wildman–Crippen LogP) is 3.77. The van der Waals surface area contributed by atoms with Crippen LogP contribution in [0.2, 0.25) is 0 Å². The maximum Gasteiger partial charge on any atom is 0.251 e. The fourth-order valence-electron chi connectivity index (χ4n) is 3.93. The number of aryl methyl sites for hydroxylation is 1. The Morgan fingerprint density at radius 1 is 1.23 bits per heavy atom. The maximum atomic E-state index is 12.8. The van der Waals surface area contributed by atoms with Crippen LogP contribution in [-0.4, -0.2) is 34.9 Å². The summed E-state index contributed by atoms with van der Waals surface area (Å²) in [6.45, 7) is -0.0630. The van der Waals surface area contributed by atoms with Crippen LogP contribution in [0.25, 0.3) is 11.3 Å². The molecule has 0 bridgehead atoms. The molecule has 156 valence electrons. The van der Waals surface area contributed by atoms with Gasteiger partial charge in [-0.3, -0.25) is 9.59 Å². The Hall–Kier alpha value is -3.69. The van der Waals surface area contributed by atoms with Crippen molar-refractivity contribution in [1.82, 2.24) is 9.97 Å². The topological polar surface area (TPSA) is 84.1 Å². The molecule has 2 heterocycles. The van der Waals surface area contributed by atoms with Crippen molar-refractivity contribution < 1.29 is 14.3 Å². The number of hydrogen-bond acceptors (Lipinski definition) is 4. The number of ketones is 1. The summed E-state index contributed by atoms with van der Waals surface area (Å²) >= 11 is 0. The van der Waals surface area contributed by atoms with Gasteiger partial charge in [0.25, 0.3) is 5.91 Å². The molecule has 2 aromatic heterocycles. The van der Waals surface area contributed by atoms with Crippen molar-refractivity contribution in [2.45, 2.75) is 25.7 Å². The Bertz CT molecular complexity index is 1140. The van der Waals surface area contributed by atoms with Gasteiger partial charge < -0.3 is 15.0 Å². The van der Waals surface area contributed by atoms with Gasteiger partial charge in [-0.25, -0.2) is 4.98 Å². The number of nitrogens with zero attached hydrogens (tertiary/aromatic N) is 1. The molecule has 0 unspecified atom stereocenters. The third kappa shape index (κ3) is 4.73. The molecule has 0 radical (unpaired) electrons. The third-order valence-corrected chi connectivity index (χ3v) is 5.25. The van der Waals surface area contributed by atoms with Crippen molar-refractivity contribution in [3.63, 3.8) is 0 Å². The van der Waals surface area contributed by atoms with E-state index in [1.165, 1.54) is 0 Å². The van der Waals surface area contributed by atoms with Crippen molar-refractivity contribution in [1.29, 1.82) is 0 Å². The Labute approximate surface area is 181 Å². The Balaban J connectivity index is 1.67. The Kier molecular flexibility index (Phi) is 6.25. The fourth-order valence-corrected chi connectivity index (χ4v) is 3.93. The highest BCUT2D eigenvalue weighted by atomic mass is 16.5. The van der Waals surface area contributed by atoms with E-state index in [2.05, 4.69) is 33.3 Å². The molecule has 0 spiro atoms. The van der Waals surface area contributed by atoms with Gasteiger partial charge in [0.15, 0.2) is 5.78 Å². The summed E-state index contributed by atoms with van der Waals surface area (Å²) in [6, 6.07) is 13.8. The number of aromatic amines is 1. The number of hydrogen-bond donors (Lipinski definition) is 2. The van der Waals surface area contributed by atoms with E-state index in [-0.39, 0.29) is 24.9 Å². The number of aromatic nitrogens is 2. The number of pyridine rings is 1. The number of carbonyl (C=O) groups is 2. The average molecular weight is 413 g/mol. The molecule has 1 aliphatic rings. The average Bonchev–Trinajstić information content (AvgIpc) is 3.14. The van der Waals surface area contributed by atoms with Crippen molar-refractivity contribution >= 4 is 17.5 Å². The second kappa shape index (κ2) is 9.41. The molecule has 1 aromatic carbocycles. The molecular formula is C25H23N3O3.